The van der Waals surface area contributed by atoms with E-state index in [-0.39, 0.29) is 27.5 Å². The van der Waals surface area contributed by atoms with Crippen LogP contribution in [0.1, 0.15) is 45.4 Å². The number of hydrogen-bond donors (Lipinski definition) is 2. The molecule has 0 saturated heterocycles. The van der Waals surface area contributed by atoms with Crippen molar-refractivity contribution in [3.8, 4) is 0 Å². The Morgan fingerprint density at radius 3 is 2.52 bits per heavy atom. The molecule has 11 heteroatoms. The Morgan fingerprint density at radius 2 is 1.90 bits per heavy atom. The molecule has 0 fully saturated rings. The van der Waals surface area contributed by atoms with Crippen LogP contribution in [0.25, 0.3) is 0 Å². The molecule has 0 aliphatic carbocycles. The minimum absolute atomic E-state index is 0.123. The lowest BCUT2D eigenvalue weighted by Gasteiger charge is -2.17. The fraction of sp³-hybridized carbons (Fsp3) is 0.350. The van der Waals surface area contributed by atoms with Crippen LogP contribution in [-0.2, 0) is 17.8 Å². The predicted octanol–water partition coefficient (Wildman–Crippen LogP) is 4.04. The smallest absolute Gasteiger partial charge is 0.341 e. The van der Waals surface area contributed by atoms with Crippen LogP contribution in [0.4, 0.5) is 23.2 Å². The number of fused-ring (bicyclic) bond motifs is 1. The second-order valence-corrected chi connectivity index (χ2v) is 7.61. The Balaban J connectivity index is 1.91. The highest BCUT2D eigenvalue weighted by Crippen LogP contribution is 2.31. The number of carbonyl (C=O) groups is 3. The maximum atomic E-state index is 13.3. The van der Waals surface area contributed by atoms with Gasteiger partial charge in [0.2, 0.25) is 0 Å². The zero-order valence-corrected chi connectivity index (χ0v) is 17.2. The van der Waals surface area contributed by atoms with Crippen LogP contribution in [0, 0.1) is 12.7 Å². The van der Waals surface area contributed by atoms with Gasteiger partial charge in [-0.25, -0.2) is 4.39 Å². The average Bonchev–Trinajstić information content (AvgIpc) is 3.22. The summed E-state index contributed by atoms with van der Waals surface area (Å²) in [6.07, 6.45) is -3.66. The van der Waals surface area contributed by atoms with E-state index in [4.69, 9.17) is 11.6 Å². The van der Waals surface area contributed by atoms with E-state index in [1.165, 1.54) is 23.6 Å². The highest BCUT2D eigenvalue weighted by Gasteiger charge is 2.39. The number of amides is 2. The Kier molecular flexibility index (Phi) is 6.13. The molecule has 6 nitrogen and oxygen atoms in total. The molecular formula is C20H18ClF4N3O3. The van der Waals surface area contributed by atoms with Crippen LogP contribution in [0.15, 0.2) is 18.2 Å². The van der Waals surface area contributed by atoms with Gasteiger partial charge in [-0.1, -0.05) is 11.6 Å². The molecule has 1 aliphatic rings. The average molecular weight is 460 g/mol. The van der Waals surface area contributed by atoms with Gasteiger partial charge in [0, 0.05) is 17.9 Å². The molecule has 0 radical (unpaired) electrons. The van der Waals surface area contributed by atoms with E-state index in [2.05, 4.69) is 5.32 Å². The van der Waals surface area contributed by atoms with Crippen molar-refractivity contribution < 1.29 is 31.9 Å². The van der Waals surface area contributed by atoms with Crippen molar-refractivity contribution in [2.45, 2.75) is 45.5 Å². The SMILES string of the molecule is Cc1c(C(=O)Nc2ccc(F)c(Cl)c2)c2n(c1C(=O)C(=O)NC(C)C(F)(F)F)CCC2. The Morgan fingerprint density at radius 1 is 1.23 bits per heavy atom. The molecule has 1 atom stereocenters. The number of carbonyl (C=O) groups excluding carboxylic acids is 3. The molecule has 1 unspecified atom stereocenters. The van der Waals surface area contributed by atoms with Crippen molar-refractivity contribution in [1.29, 1.82) is 0 Å². The second kappa shape index (κ2) is 8.33. The molecule has 0 spiro atoms. The van der Waals surface area contributed by atoms with Gasteiger partial charge in [-0.15, -0.1) is 0 Å². The summed E-state index contributed by atoms with van der Waals surface area (Å²) >= 11 is 5.72. The Hall–Kier alpha value is -2.88. The lowest BCUT2D eigenvalue weighted by molar-refractivity contribution is -0.156. The first-order valence-corrected chi connectivity index (χ1v) is 9.69. The van der Waals surface area contributed by atoms with Gasteiger partial charge in [-0.2, -0.15) is 13.2 Å². The third-order valence-corrected chi connectivity index (χ3v) is 5.36. The molecule has 0 bridgehead atoms. The summed E-state index contributed by atoms with van der Waals surface area (Å²) in [5.41, 5.74) is 0.932. The van der Waals surface area contributed by atoms with Gasteiger partial charge in [0.25, 0.3) is 17.6 Å². The highest BCUT2D eigenvalue weighted by molar-refractivity contribution is 6.43. The summed E-state index contributed by atoms with van der Waals surface area (Å²) in [5.74, 6) is -3.82. The first-order valence-electron chi connectivity index (χ1n) is 9.32. The predicted molar refractivity (Wildman–Crippen MR) is 105 cm³/mol. The van der Waals surface area contributed by atoms with E-state index in [1.54, 1.807) is 5.32 Å². The maximum Gasteiger partial charge on any atom is 0.408 e. The fourth-order valence-electron chi connectivity index (χ4n) is 3.53. The number of Topliss-reactive ketones (excluding diaryl/α,β-unsaturated/α-hetero) is 1. The van der Waals surface area contributed by atoms with Crippen molar-refractivity contribution in [3.05, 3.63) is 51.6 Å². The number of aromatic nitrogens is 1. The van der Waals surface area contributed by atoms with Crippen LogP contribution in [0.5, 0.6) is 0 Å². The lowest BCUT2D eigenvalue weighted by Crippen LogP contribution is -2.46. The van der Waals surface area contributed by atoms with Crippen LogP contribution in [0.3, 0.4) is 0 Å². The van der Waals surface area contributed by atoms with Gasteiger partial charge in [-0.3, -0.25) is 14.4 Å². The standard InChI is InChI=1S/C20H18ClF4N3O3/c1-9-15(18(30)27-11-5-6-13(22)12(21)8-11)14-4-3-7-28(14)16(9)17(29)19(31)26-10(2)20(23,24)25/h5-6,8,10H,3-4,7H2,1-2H3,(H,26,31)(H,27,30). The number of nitrogens with one attached hydrogen (secondary N) is 2. The van der Waals surface area contributed by atoms with Crippen molar-refractivity contribution in [2.75, 3.05) is 5.32 Å². The molecule has 1 aromatic heterocycles. The molecule has 3 rings (SSSR count). The van der Waals surface area contributed by atoms with Crippen LogP contribution in [0.2, 0.25) is 5.02 Å². The molecule has 2 aromatic rings. The number of ketones is 1. The number of benzene rings is 1. The topological polar surface area (TPSA) is 80.2 Å². The summed E-state index contributed by atoms with van der Waals surface area (Å²) in [4.78, 5) is 37.7. The van der Waals surface area contributed by atoms with E-state index in [9.17, 15) is 31.9 Å². The summed E-state index contributed by atoms with van der Waals surface area (Å²) < 4.78 is 53.0. The lowest BCUT2D eigenvalue weighted by atomic mass is 10.0. The van der Waals surface area contributed by atoms with Crippen molar-refractivity contribution >= 4 is 34.9 Å². The summed E-state index contributed by atoms with van der Waals surface area (Å²) in [6.45, 7) is 2.52. The van der Waals surface area contributed by atoms with Crippen LogP contribution >= 0.6 is 11.6 Å². The number of rotatable bonds is 5. The third kappa shape index (κ3) is 4.43. The monoisotopic (exact) mass is 459 g/mol. The minimum atomic E-state index is -4.70. The first kappa shape index (κ1) is 22.8. The van der Waals surface area contributed by atoms with Gasteiger partial charge < -0.3 is 15.2 Å². The normalized spacial score (nSPS) is 14.2. The molecule has 31 heavy (non-hydrogen) atoms. The molecule has 1 aromatic carbocycles. The van der Waals surface area contributed by atoms with Gasteiger partial charge >= 0.3 is 6.18 Å². The van der Waals surface area contributed by atoms with E-state index in [0.717, 1.165) is 13.0 Å². The summed E-state index contributed by atoms with van der Waals surface area (Å²) in [5, 5.41) is 4.02. The third-order valence-electron chi connectivity index (χ3n) is 5.07. The molecule has 2 heterocycles. The molecule has 2 amide bonds. The number of halogens is 5. The van der Waals surface area contributed by atoms with Gasteiger partial charge in [0.1, 0.15) is 11.9 Å². The molecule has 166 valence electrons. The summed E-state index contributed by atoms with van der Waals surface area (Å²) in [7, 11) is 0. The highest BCUT2D eigenvalue weighted by atomic mass is 35.5. The van der Waals surface area contributed by atoms with Crippen LogP contribution < -0.4 is 10.6 Å². The van der Waals surface area contributed by atoms with E-state index in [0.29, 0.717) is 25.1 Å². The minimum Gasteiger partial charge on any atom is -0.341 e. The van der Waals surface area contributed by atoms with Gasteiger partial charge in [0.15, 0.2) is 0 Å². The number of anilines is 1. The molecule has 1 aliphatic heterocycles. The number of hydrogen-bond acceptors (Lipinski definition) is 3. The first-order chi connectivity index (χ1) is 14.4. The zero-order chi connectivity index (χ0) is 23.1. The molecular weight excluding hydrogens is 442 g/mol. The van der Waals surface area contributed by atoms with Crippen molar-refractivity contribution in [3.63, 3.8) is 0 Å². The Labute approximate surface area is 179 Å². The van der Waals surface area contributed by atoms with Gasteiger partial charge in [-0.05, 0) is 50.5 Å². The quantitative estimate of drug-likeness (QED) is 0.402. The molecule has 0 saturated carbocycles. The maximum absolute atomic E-state index is 13.3. The largest absolute Gasteiger partial charge is 0.408 e. The van der Waals surface area contributed by atoms with Crippen molar-refractivity contribution in [1.82, 2.24) is 9.88 Å². The van der Waals surface area contributed by atoms with Crippen molar-refractivity contribution in [2.24, 2.45) is 0 Å². The summed E-state index contributed by atoms with van der Waals surface area (Å²) in [6, 6.07) is 1.40. The van der Waals surface area contributed by atoms with E-state index < -0.39 is 35.6 Å². The Bertz CT molecular complexity index is 1080. The zero-order valence-electron chi connectivity index (χ0n) is 16.5. The number of alkyl halides is 3. The van der Waals surface area contributed by atoms with Gasteiger partial charge in [0.05, 0.1) is 16.3 Å². The molecule has 2 N–H and O–H groups in total. The van der Waals surface area contributed by atoms with E-state index >= 15 is 0 Å². The second-order valence-electron chi connectivity index (χ2n) is 7.20. The van der Waals surface area contributed by atoms with Crippen LogP contribution in [-0.4, -0.2) is 34.4 Å². The fourth-order valence-corrected chi connectivity index (χ4v) is 3.71. The van der Waals surface area contributed by atoms with E-state index in [1.807, 2.05) is 0 Å². The number of nitrogens with zero attached hydrogens (tertiary/aromatic N) is 1.